The zero-order valence-corrected chi connectivity index (χ0v) is 22.3. The lowest BCUT2D eigenvalue weighted by Gasteiger charge is -2.52. The lowest BCUT2D eigenvalue weighted by atomic mass is 9.52. The predicted molar refractivity (Wildman–Crippen MR) is 138 cm³/mol. The number of primary amides is 1. The Morgan fingerprint density at radius 3 is 2.37 bits per heavy atom. The van der Waals surface area contributed by atoms with Gasteiger partial charge in [0.25, 0.3) is 0 Å². The van der Waals surface area contributed by atoms with Crippen LogP contribution in [0.5, 0.6) is 5.75 Å². The number of ketones is 4. The molecule has 0 radical (unpaired) electrons. The summed E-state index contributed by atoms with van der Waals surface area (Å²) in [6.45, 7) is 7.14. The Balaban J connectivity index is 1.69. The quantitative estimate of drug-likeness (QED) is 0.186. The standard InChI is InChI=1S/C27H36N4O7/c1-26(2,3)30-9-8-29-15-7-6-12-10-13-11-14-19(31(4)5)22(34)18(25(28)37)24(36)27(14,38)23(35)17(13)21(33)16(12)20(15)32/h6-7,13-14,17-19,29-30,32,38H,8-11H2,1-5H3,(H2,28,37)/t13-,14-,17?,18?,19-,27-/m0/s1. The molecule has 1 amide bonds. The molecule has 2 fully saturated rings. The molecule has 206 valence electrons. The number of nitrogens with zero attached hydrogens (tertiary/aromatic N) is 1. The van der Waals surface area contributed by atoms with E-state index in [1.165, 1.54) is 4.90 Å². The summed E-state index contributed by atoms with van der Waals surface area (Å²) in [5.74, 6) is -10.4. The molecule has 4 rings (SSSR count). The predicted octanol–water partition coefficient (Wildman–Crippen LogP) is -0.333. The van der Waals surface area contributed by atoms with Crippen molar-refractivity contribution in [2.24, 2.45) is 29.4 Å². The summed E-state index contributed by atoms with van der Waals surface area (Å²) in [6, 6.07) is 2.28. The summed E-state index contributed by atoms with van der Waals surface area (Å²) in [5, 5.41) is 29.0. The van der Waals surface area contributed by atoms with Crippen molar-refractivity contribution in [1.29, 1.82) is 0 Å². The van der Waals surface area contributed by atoms with Gasteiger partial charge in [-0.1, -0.05) is 6.07 Å². The normalized spacial score (nSPS) is 31.1. The number of likely N-dealkylation sites (N-methyl/N-ethyl adjacent to an activating group) is 1. The highest BCUT2D eigenvalue weighted by molar-refractivity contribution is 6.32. The molecule has 0 aromatic heterocycles. The minimum atomic E-state index is -2.72. The number of benzene rings is 1. The van der Waals surface area contributed by atoms with Crippen LogP contribution in [0.25, 0.3) is 0 Å². The fourth-order valence-electron chi connectivity index (χ4n) is 6.36. The number of carbonyl (C=O) groups is 5. The molecule has 0 saturated heterocycles. The van der Waals surface area contributed by atoms with Crippen molar-refractivity contribution in [2.45, 2.75) is 50.8 Å². The number of Topliss-reactive ketones (excluding diaryl/α,β-unsaturated/α-hetero) is 4. The fraction of sp³-hybridized carbons (Fsp3) is 0.593. The summed E-state index contributed by atoms with van der Waals surface area (Å²) in [7, 11) is 3.11. The van der Waals surface area contributed by atoms with E-state index >= 15 is 0 Å². The van der Waals surface area contributed by atoms with Gasteiger partial charge in [0.1, 0.15) is 5.75 Å². The van der Waals surface area contributed by atoms with Crippen LogP contribution in [0.15, 0.2) is 12.1 Å². The Morgan fingerprint density at radius 1 is 1.13 bits per heavy atom. The minimum Gasteiger partial charge on any atom is -0.505 e. The molecule has 6 atom stereocenters. The zero-order valence-electron chi connectivity index (χ0n) is 22.3. The molecule has 11 nitrogen and oxygen atoms in total. The van der Waals surface area contributed by atoms with Gasteiger partial charge in [-0.3, -0.25) is 28.9 Å². The highest BCUT2D eigenvalue weighted by Gasteiger charge is 2.69. The number of rotatable bonds is 6. The van der Waals surface area contributed by atoms with Crippen molar-refractivity contribution in [3.05, 3.63) is 23.3 Å². The smallest absolute Gasteiger partial charge is 0.235 e. The number of hydrogen-bond donors (Lipinski definition) is 5. The summed E-state index contributed by atoms with van der Waals surface area (Å²) in [6.07, 6.45) is 0.272. The number of nitrogens with two attached hydrogens (primary N) is 1. The number of aliphatic hydroxyl groups is 1. The van der Waals surface area contributed by atoms with Crippen LogP contribution in [0.1, 0.15) is 43.1 Å². The lowest BCUT2D eigenvalue weighted by molar-refractivity contribution is -0.181. The first-order chi connectivity index (χ1) is 17.6. The van der Waals surface area contributed by atoms with Gasteiger partial charge in [-0.05, 0) is 65.3 Å². The molecular formula is C27H36N4O7. The number of phenols is 1. The summed E-state index contributed by atoms with van der Waals surface area (Å²) in [4.78, 5) is 67.4. The van der Waals surface area contributed by atoms with Crippen LogP contribution in [0.2, 0.25) is 0 Å². The second kappa shape index (κ2) is 9.55. The molecule has 0 bridgehead atoms. The molecule has 0 aliphatic heterocycles. The van der Waals surface area contributed by atoms with E-state index in [0.717, 1.165) is 0 Å². The first-order valence-corrected chi connectivity index (χ1v) is 12.8. The van der Waals surface area contributed by atoms with Crippen LogP contribution in [-0.2, 0) is 25.6 Å². The van der Waals surface area contributed by atoms with Gasteiger partial charge in [0, 0.05) is 24.5 Å². The average Bonchev–Trinajstić information content (AvgIpc) is 2.79. The van der Waals surface area contributed by atoms with Crippen molar-refractivity contribution >= 4 is 34.7 Å². The number of hydrogen-bond acceptors (Lipinski definition) is 10. The molecule has 0 heterocycles. The van der Waals surface area contributed by atoms with Crippen molar-refractivity contribution in [3.63, 3.8) is 0 Å². The third kappa shape index (κ3) is 4.32. The molecule has 2 unspecified atom stereocenters. The third-order valence-corrected chi connectivity index (χ3v) is 8.03. The van der Waals surface area contributed by atoms with E-state index in [2.05, 4.69) is 10.6 Å². The van der Waals surface area contributed by atoms with Crippen LogP contribution in [0.4, 0.5) is 5.69 Å². The molecular weight excluding hydrogens is 492 g/mol. The van der Waals surface area contributed by atoms with E-state index in [4.69, 9.17) is 5.73 Å². The van der Waals surface area contributed by atoms with Crippen LogP contribution in [0, 0.1) is 23.7 Å². The van der Waals surface area contributed by atoms with Gasteiger partial charge in [-0.25, -0.2) is 0 Å². The van der Waals surface area contributed by atoms with Crippen molar-refractivity contribution in [2.75, 3.05) is 32.5 Å². The zero-order chi connectivity index (χ0) is 28.3. The number of amides is 1. The van der Waals surface area contributed by atoms with Crippen LogP contribution in [-0.4, -0.2) is 88.5 Å². The van der Waals surface area contributed by atoms with E-state index in [0.29, 0.717) is 24.3 Å². The Morgan fingerprint density at radius 2 is 1.79 bits per heavy atom. The largest absolute Gasteiger partial charge is 0.505 e. The summed E-state index contributed by atoms with van der Waals surface area (Å²) >= 11 is 0. The molecule has 1 aromatic carbocycles. The topological polar surface area (TPSA) is 179 Å². The van der Waals surface area contributed by atoms with Crippen molar-refractivity contribution in [3.8, 4) is 5.75 Å². The number of fused-ring (bicyclic) bond motifs is 3. The van der Waals surface area contributed by atoms with Crippen LogP contribution >= 0.6 is 0 Å². The van der Waals surface area contributed by atoms with E-state index in [9.17, 15) is 34.2 Å². The molecule has 11 heteroatoms. The molecule has 38 heavy (non-hydrogen) atoms. The van der Waals surface area contributed by atoms with E-state index in [1.54, 1.807) is 26.2 Å². The second-order valence-electron chi connectivity index (χ2n) is 11.9. The summed E-state index contributed by atoms with van der Waals surface area (Å²) < 4.78 is 0. The Kier molecular flexibility index (Phi) is 7.00. The van der Waals surface area contributed by atoms with Crippen molar-refractivity contribution < 1.29 is 34.2 Å². The second-order valence-corrected chi connectivity index (χ2v) is 11.9. The van der Waals surface area contributed by atoms with Gasteiger partial charge in [-0.2, -0.15) is 0 Å². The first kappa shape index (κ1) is 27.9. The van der Waals surface area contributed by atoms with E-state index in [1.807, 2.05) is 20.8 Å². The maximum atomic E-state index is 13.8. The van der Waals surface area contributed by atoms with Gasteiger partial charge in [-0.15, -0.1) is 0 Å². The highest BCUT2D eigenvalue weighted by Crippen LogP contribution is 2.51. The monoisotopic (exact) mass is 528 g/mol. The third-order valence-electron chi connectivity index (χ3n) is 8.03. The summed E-state index contributed by atoms with van der Waals surface area (Å²) in [5.41, 5.74) is 3.38. The number of phenolic OH excluding ortho intramolecular Hbond substituents is 1. The molecule has 1 aromatic rings. The lowest BCUT2D eigenvalue weighted by Crippen LogP contribution is -2.74. The number of anilines is 1. The highest BCUT2D eigenvalue weighted by atomic mass is 16.3. The molecule has 6 N–H and O–H groups in total. The molecule has 3 aliphatic carbocycles. The van der Waals surface area contributed by atoms with Gasteiger partial charge in [0.05, 0.1) is 23.2 Å². The van der Waals surface area contributed by atoms with Crippen molar-refractivity contribution in [1.82, 2.24) is 10.2 Å². The molecule has 0 spiro atoms. The van der Waals surface area contributed by atoms with Gasteiger partial charge < -0.3 is 26.6 Å². The van der Waals surface area contributed by atoms with E-state index < -0.39 is 64.4 Å². The fourth-order valence-corrected chi connectivity index (χ4v) is 6.36. The maximum Gasteiger partial charge on any atom is 0.235 e. The van der Waals surface area contributed by atoms with Gasteiger partial charge in [0.2, 0.25) is 5.91 Å². The molecule has 3 aliphatic rings. The Hall–Kier alpha value is -3.15. The minimum absolute atomic E-state index is 0.0228. The number of nitrogens with one attached hydrogen (secondary N) is 2. The Labute approximate surface area is 221 Å². The number of carbonyl (C=O) groups excluding carboxylic acids is 5. The first-order valence-electron chi connectivity index (χ1n) is 12.8. The molecule has 2 saturated carbocycles. The number of aromatic hydroxyl groups is 1. The maximum absolute atomic E-state index is 13.8. The van der Waals surface area contributed by atoms with E-state index in [-0.39, 0.29) is 29.7 Å². The Bertz CT molecular complexity index is 1220. The van der Waals surface area contributed by atoms with Crippen LogP contribution < -0.4 is 16.4 Å². The van der Waals surface area contributed by atoms with Gasteiger partial charge in [0.15, 0.2) is 34.7 Å². The van der Waals surface area contributed by atoms with Gasteiger partial charge >= 0.3 is 0 Å². The SMILES string of the molecule is CN(C)[C@@H]1C(=O)C(C(N)=O)C(=O)[C@@]2(O)C(=O)C3C(=O)c4c(ccc(NCCNC(C)(C)C)c4O)C[C@H]3C[C@@H]12. The van der Waals surface area contributed by atoms with Crippen LogP contribution in [0.3, 0.4) is 0 Å². The average molecular weight is 529 g/mol.